The standard InChI is InChI=1S/C17H26N4O2.C2HF3O2/c1-14-5-6-15-13-21(17(22)20-7-3-4-8-20)10-9-19(11-12-23-2)16(15)18-14;3-2(4,5)1(6)7/h5-6H,3-4,7-13H2,1-2H3;(H,6,7). The zero-order valence-electron chi connectivity index (χ0n) is 17.1. The summed E-state index contributed by atoms with van der Waals surface area (Å²) in [5, 5.41) is 7.12. The number of halogens is 3. The lowest BCUT2D eigenvalue weighted by Gasteiger charge is -2.27. The molecule has 0 aromatic carbocycles. The summed E-state index contributed by atoms with van der Waals surface area (Å²) in [5.74, 6) is -1.76. The number of hydrogen-bond acceptors (Lipinski definition) is 5. The first-order valence-electron chi connectivity index (χ1n) is 9.68. The average molecular weight is 432 g/mol. The average Bonchev–Trinajstić information content (AvgIpc) is 3.16. The van der Waals surface area contributed by atoms with Gasteiger partial charge in [-0.25, -0.2) is 14.6 Å². The van der Waals surface area contributed by atoms with Gasteiger partial charge in [-0.3, -0.25) is 0 Å². The van der Waals surface area contributed by atoms with Gasteiger partial charge in [0.25, 0.3) is 0 Å². The van der Waals surface area contributed by atoms with Crippen molar-refractivity contribution < 1.29 is 32.6 Å². The molecule has 0 radical (unpaired) electrons. The van der Waals surface area contributed by atoms with Crippen LogP contribution in [0.3, 0.4) is 0 Å². The van der Waals surface area contributed by atoms with Crippen molar-refractivity contribution in [3.05, 3.63) is 23.4 Å². The van der Waals surface area contributed by atoms with Crippen LogP contribution in [-0.2, 0) is 16.1 Å². The normalized spacial score (nSPS) is 16.5. The molecule has 30 heavy (non-hydrogen) atoms. The summed E-state index contributed by atoms with van der Waals surface area (Å²) < 4.78 is 37.0. The van der Waals surface area contributed by atoms with Crippen LogP contribution in [0.25, 0.3) is 0 Å². The Morgan fingerprint density at radius 3 is 2.33 bits per heavy atom. The van der Waals surface area contributed by atoms with Crippen LogP contribution in [0.2, 0.25) is 0 Å². The number of anilines is 1. The Balaban J connectivity index is 0.000000396. The zero-order chi connectivity index (χ0) is 22.3. The minimum atomic E-state index is -5.08. The lowest BCUT2D eigenvalue weighted by Crippen LogP contribution is -2.43. The lowest BCUT2D eigenvalue weighted by atomic mass is 10.2. The fraction of sp³-hybridized carbons (Fsp3) is 0.632. The molecule has 8 nitrogen and oxygen atoms in total. The van der Waals surface area contributed by atoms with Crippen LogP contribution in [0.1, 0.15) is 24.1 Å². The molecule has 168 valence electrons. The third-order valence-electron chi connectivity index (χ3n) is 4.85. The number of alkyl halides is 3. The van der Waals surface area contributed by atoms with Gasteiger partial charge in [-0.15, -0.1) is 0 Å². The first-order valence-corrected chi connectivity index (χ1v) is 9.68. The second kappa shape index (κ2) is 10.5. The number of urea groups is 1. The predicted molar refractivity (Wildman–Crippen MR) is 103 cm³/mol. The van der Waals surface area contributed by atoms with Gasteiger partial charge in [0.1, 0.15) is 5.82 Å². The van der Waals surface area contributed by atoms with Crippen molar-refractivity contribution in [3.63, 3.8) is 0 Å². The summed E-state index contributed by atoms with van der Waals surface area (Å²) in [4.78, 5) is 32.5. The third kappa shape index (κ3) is 6.48. The van der Waals surface area contributed by atoms with Gasteiger partial charge in [0, 0.05) is 51.1 Å². The van der Waals surface area contributed by atoms with Crippen molar-refractivity contribution >= 4 is 17.8 Å². The molecule has 0 spiro atoms. The van der Waals surface area contributed by atoms with E-state index in [0.717, 1.165) is 62.6 Å². The maximum Gasteiger partial charge on any atom is 0.490 e. The molecule has 0 saturated carbocycles. The Morgan fingerprint density at radius 1 is 1.13 bits per heavy atom. The molecule has 0 bridgehead atoms. The number of fused-ring (bicyclic) bond motifs is 1. The third-order valence-corrected chi connectivity index (χ3v) is 4.85. The van der Waals surface area contributed by atoms with E-state index >= 15 is 0 Å². The van der Waals surface area contributed by atoms with Gasteiger partial charge in [-0.1, -0.05) is 6.07 Å². The minimum absolute atomic E-state index is 0.169. The topological polar surface area (TPSA) is 86.2 Å². The molecular formula is C19H27F3N4O4. The van der Waals surface area contributed by atoms with Crippen molar-refractivity contribution in [2.24, 2.45) is 0 Å². The van der Waals surface area contributed by atoms with Crippen LogP contribution in [-0.4, -0.2) is 84.5 Å². The summed E-state index contributed by atoms with van der Waals surface area (Å²) in [5.41, 5.74) is 2.13. The summed E-state index contributed by atoms with van der Waals surface area (Å²) in [6.45, 7) is 7.42. The van der Waals surface area contributed by atoms with Crippen molar-refractivity contribution in [1.82, 2.24) is 14.8 Å². The Labute approximate surface area is 173 Å². The number of likely N-dealkylation sites (tertiary alicyclic amines) is 1. The highest BCUT2D eigenvalue weighted by molar-refractivity contribution is 5.75. The number of methoxy groups -OCH3 is 1. The summed E-state index contributed by atoms with van der Waals surface area (Å²) >= 11 is 0. The SMILES string of the molecule is COCCN1CCN(C(=O)N2CCCC2)Cc2ccc(C)nc21.O=C(O)C(F)(F)F. The second-order valence-electron chi connectivity index (χ2n) is 7.12. The van der Waals surface area contributed by atoms with Gasteiger partial charge in [-0.2, -0.15) is 13.2 Å². The van der Waals surface area contributed by atoms with Gasteiger partial charge >= 0.3 is 18.2 Å². The van der Waals surface area contributed by atoms with Crippen LogP contribution in [0.15, 0.2) is 12.1 Å². The highest BCUT2D eigenvalue weighted by Crippen LogP contribution is 2.24. The molecule has 1 aromatic rings. The minimum Gasteiger partial charge on any atom is -0.475 e. The van der Waals surface area contributed by atoms with Crippen LogP contribution in [0.5, 0.6) is 0 Å². The van der Waals surface area contributed by atoms with E-state index in [1.807, 2.05) is 22.8 Å². The van der Waals surface area contributed by atoms with Crippen molar-refractivity contribution in [1.29, 1.82) is 0 Å². The smallest absolute Gasteiger partial charge is 0.475 e. The lowest BCUT2D eigenvalue weighted by molar-refractivity contribution is -0.192. The van der Waals surface area contributed by atoms with Gasteiger partial charge in [0.2, 0.25) is 0 Å². The number of carboxylic acids is 1. The van der Waals surface area contributed by atoms with E-state index in [0.29, 0.717) is 13.2 Å². The number of carboxylic acid groups (broad SMARTS) is 1. The molecule has 1 fully saturated rings. The van der Waals surface area contributed by atoms with E-state index in [9.17, 15) is 18.0 Å². The van der Waals surface area contributed by atoms with E-state index in [4.69, 9.17) is 19.6 Å². The van der Waals surface area contributed by atoms with Gasteiger partial charge in [0.05, 0.1) is 13.2 Å². The number of aliphatic carboxylic acids is 1. The molecule has 1 saturated heterocycles. The van der Waals surface area contributed by atoms with E-state index in [1.54, 1.807) is 7.11 Å². The summed E-state index contributed by atoms with van der Waals surface area (Å²) in [7, 11) is 1.71. The van der Waals surface area contributed by atoms with E-state index in [-0.39, 0.29) is 6.03 Å². The van der Waals surface area contributed by atoms with Crippen molar-refractivity contribution in [2.45, 2.75) is 32.5 Å². The van der Waals surface area contributed by atoms with Crippen molar-refractivity contribution in [2.75, 3.05) is 51.3 Å². The van der Waals surface area contributed by atoms with E-state index < -0.39 is 12.1 Å². The number of nitrogens with zero attached hydrogens (tertiary/aromatic N) is 4. The number of pyridine rings is 1. The number of ether oxygens (including phenoxy) is 1. The molecule has 3 rings (SSSR count). The molecule has 2 amide bonds. The highest BCUT2D eigenvalue weighted by atomic mass is 19.4. The summed E-state index contributed by atoms with van der Waals surface area (Å²) in [6, 6.07) is 4.30. The Hall–Kier alpha value is -2.56. The molecule has 0 unspecified atom stereocenters. The number of aromatic nitrogens is 1. The van der Waals surface area contributed by atoms with E-state index in [1.165, 1.54) is 0 Å². The molecule has 0 aliphatic carbocycles. The maximum absolute atomic E-state index is 12.7. The van der Waals surface area contributed by atoms with Gasteiger partial charge < -0.3 is 24.5 Å². The quantitative estimate of drug-likeness (QED) is 0.790. The first kappa shape index (κ1) is 23.7. The second-order valence-corrected chi connectivity index (χ2v) is 7.12. The van der Waals surface area contributed by atoms with Crippen LogP contribution >= 0.6 is 0 Å². The van der Waals surface area contributed by atoms with Crippen LogP contribution < -0.4 is 4.90 Å². The van der Waals surface area contributed by atoms with E-state index in [2.05, 4.69) is 11.0 Å². The number of rotatable bonds is 3. The fourth-order valence-corrected chi connectivity index (χ4v) is 3.29. The first-order chi connectivity index (χ1) is 14.1. The van der Waals surface area contributed by atoms with Gasteiger partial charge in [0.15, 0.2) is 0 Å². The van der Waals surface area contributed by atoms with Crippen LogP contribution in [0, 0.1) is 6.92 Å². The molecule has 1 N–H and O–H groups in total. The monoisotopic (exact) mass is 432 g/mol. The van der Waals surface area contributed by atoms with Gasteiger partial charge in [-0.05, 0) is 25.8 Å². The Morgan fingerprint density at radius 2 is 1.77 bits per heavy atom. The fourth-order valence-electron chi connectivity index (χ4n) is 3.29. The molecule has 2 aliphatic rings. The summed E-state index contributed by atoms with van der Waals surface area (Å²) in [6.07, 6.45) is -2.84. The molecule has 2 aliphatic heterocycles. The van der Waals surface area contributed by atoms with Crippen molar-refractivity contribution in [3.8, 4) is 0 Å². The molecule has 11 heteroatoms. The Bertz CT molecular complexity index is 739. The number of aryl methyl sites for hydroxylation is 1. The molecule has 1 aromatic heterocycles. The molecule has 3 heterocycles. The predicted octanol–water partition coefficient (Wildman–Crippen LogP) is 2.51. The molecular weight excluding hydrogens is 405 g/mol. The highest BCUT2D eigenvalue weighted by Gasteiger charge is 2.38. The number of carbonyl (C=O) groups is 2. The number of carbonyl (C=O) groups excluding carboxylic acids is 1. The van der Waals surface area contributed by atoms with Crippen LogP contribution in [0.4, 0.5) is 23.8 Å². The number of amides is 2. The number of hydrogen-bond donors (Lipinski definition) is 1. The maximum atomic E-state index is 12.7. The largest absolute Gasteiger partial charge is 0.490 e. The molecule has 0 atom stereocenters. The zero-order valence-corrected chi connectivity index (χ0v) is 17.1. The Kier molecular flexibility index (Phi) is 8.27.